The third-order valence-electron chi connectivity index (χ3n) is 13.0. The molecule has 66 heavy (non-hydrogen) atoms. The molecule has 0 aliphatic heterocycles. The normalized spacial score (nSPS) is 12.7. The Morgan fingerprint density at radius 2 is 0.909 bits per heavy atom. The van der Waals surface area contributed by atoms with Crippen molar-refractivity contribution in [3.63, 3.8) is 0 Å². The molecule has 0 amide bonds. The number of halogens is 1. The van der Waals surface area contributed by atoms with Crippen molar-refractivity contribution in [2.45, 2.75) is 283 Å². The van der Waals surface area contributed by atoms with Gasteiger partial charge in [-0.05, 0) is 116 Å². The highest BCUT2D eigenvalue weighted by molar-refractivity contribution is 6.25. The Morgan fingerprint density at radius 3 is 1.38 bits per heavy atom. The molecule has 0 heterocycles. The van der Waals surface area contributed by atoms with Crippen LogP contribution >= 0.6 is 11.6 Å². The first-order chi connectivity index (χ1) is 32.7. The summed E-state index contributed by atoms with van der Waals surface area (Å²) >= 11 is 5.96. The lowest BCUT2D eigenvalue weighted by atomic mass is 10.0. The van der Waals surface area contributed by atoms with Crippen LogP contribution in [0.5, 0.6) is 0 Å². The van der Waals surface area contributed by atoms with E-state index in [9.17, 15) is 9.90 Å². The maximum atomic E-state index is 12.2. The predicted molar refractivity (Wildman–Crippen MR) is 294 cm³/mol. The first-order valence-corrected chi connectivity index (χ1v) is 29.2. The SMILES string of the molecule is CCCCC/C=C\C/C=C\CCCCCCCCN(/C=C/Cl)CCCCCCCCCC(=O)OCCCCCCCCCCC(CCO)NCCCCCCC/C=C\C/C=C\CCCCC. The maximum Gasteiger partial charge on any atom is 0.305 e. The van der Waals surface area contributed by atoms with Crippen LogP contribution in [0.3, 0.4) is 0 Å². The van der Waals surface area contributed by atoms with Crippen molar-refractivity contribution in [3.05, 3.63) is 60.3 Å². The molecule has 0 aromatic carbocycles. The summed E-state index contributed by atoms with van der Waals surface area (Å²) in [5.41, 5.74) is 1.67. The molecule has 0 radical (unpaired) electrons. The minimum atomic E-state index is -0.0118. The third kappa shape index (κ3) is 53.1. The van der Waals surface area contributed by atoms with Gasteiger partial charge in [0.15, 0.2) is 0 Å². The molecule has 1 unspecified atom stereocenters. The van der Waals surface area contributed by atoms with Crippen molar-refractivity contribution in [1.82, 2.24) is 10.2 Å². The number of unbranched alkanes of at least 4 members (excludes halogenated alkanes) is 30. The highest BCUT2D eigenvalue weighted by Crippen LogP contribution is 2.15. The van der Waals surface area contributed by atoms with Gasteiger partial charge in [0.2, 0.25) is 0 Å². The number of carbonyl (C=O) groups excluding carboxylic acids is 1. The van der Waals surface area contributed by atoms with Crippen LogP contribution in [0.2, 0.25) is 0 Å². The molecular formula is C60H111ClN2O3. The second kappa shape index (κ2) is 57.5. The molecule has 0 spiro atoms. The molecular weight excluding hydrogens is 832 g/mol. The minimum absolute atomic E-state index is 0.0118. The summed E-state index contributed by atoms with van der Waals surface area (Å²) in [5.74, 6) is -0.0118. The summed E-state index contributed by atoms with van der Waals surface area (Å²) in [5, 5.41) is 13.3. The number of allylic oxidation sites excluding steroid dienone is 8. The van der Waals surface area contributed by atoms with Crippen LogP contribution in [-0.4, -0.2) is 54.9 Å². The molecule has 0 saturated heterocycles. The van der Waals surface area contributed by atoms with E-state index in [1.807, 2.05) is 0 Å². The van der Waals surface area contributed by atoms with E-state index in [4.69, 9.17) is 16.3 Å². The van der Waals surface area contributed by atoms with E-state index in [0.29, 0.717) is 19.1 Å². The molecule has 0 aliphatic carbocycles. The quantitative estimate of drug-likeness (QED) is 0.0361. The Kier molecular flexibility index (Phi) is 55.9. The van der Waals surface area contributed by atoms with E-state index >= 15 is 0 Å². The summed E-state index contributed by atoms with van der Waals surface area (Å²) in [6, 6.07) is 0.460. The van der Waals surface area contributed by atoms with E-state index < -0.39 is 0 Å². The Bertz CT molecular complexity index is 1100. The summed E-state index contributed by atoms with van der Waals surface area (Å²) in [6.45, 7) is 8.67. The summed E-state index contributed by atoms with van der Waals surface area (Å²) in [7, 11) is 0. The molecule has 0 aromatic rings. The predicted octanol–water partition coefficient (Wildman–Crippen LogP) is 18.8. The molecule has 386 valence electrons. The van der Waals surface area contributed by atoms with Gasteiger partial charge in [-0.3, -0.25) is 4.79 Å². The van der Waals surface area contributed by atoms with Gasteiger partial charge in [0.25, 0.3) is 0 Å². The lowest BCUT2D eigenvalue weighted by Crippen LogP contribution is -2.30. The van der Waals surface area contributed by atoms with E-state index in [1.54, 1.807) is 5.54 Å². The highest BCUT2D eigenvalue weighted by atomic mass is 35.5. The molecule has 6 heteroatoms. The number of esters is 1. The molecule has 1 atom stereocenters. The molecule has 0 saturated carbocycles. The number of hydrogen-bond donors (Lipinski definition) is 2. The fourth-order valence-electron chi connectivity index (χ4n) is 8.67. The number of aliphatic hydroxyl groups is 1. The van der Waals surface area contributed by atoms with Gasteiger partial charge in [-0.1, -0.05) is 222 Å². The molecule has 0 bridgehead atoms. The van der Waals surface area contributed by atoms with Crippen LogP contribution in [0.25, 0.3) is 0 Å². The molecule has 0 aliphatic rings. The van der Waals surface area contributed by atoms with Crippen LogP contribution in [0.15, 0.2) is 60.3 Å². The molecule has 0 fully saturated rings. The van der Waals surface area contributed by atoms with E-state index in [1.165, 1.54) is 212 Å². The van der Waals surface area contributed by atoms with E-state index in [2.05, 4.69) is 78.9 Å². The smallest absolute Gasteiger partial charge is 0.305 e. The molecule has 5 nitrogen and oxygen atoms in total. The van der Waals surface area contributed by atoms with Crippen molar-refractivity contribution in [2.24, 2.45) is 0 Å². The van der Waals surface area contributed by atoms with Crippen molar-refractivity contribution in [2.75, 3.05) is 32.8 Å². The van der Waals surface area contributed by atoms with Gasteiger partial charge < -0.3 is 20.1 Å². The molecule has 0 rings (SSSR count). The minimum Gasteiger partial charge on any atom is -0.466 e. The zero-order valence-electron chi connectivity index (χ0n) is 44.0. The zero-order chi connectivity index (χ0) is 47.7. The van der Waals surface area contributed by atoms with E-state index in [0.717, 1.165) is 64.6 Å². The summed E-state index contributed by atoms with van der Waals surface area (Å²) < 4.78 is 5.53. The maximum absolute atomic E-state index is 12.2. The number of nitrogens with zero attached hydrogens (tertiary/aromatic N) is 1. The van der Waals surface area contributed by atoms with Gasteiger partial charge in [0, 0.05) is 43.9 Å². The highest BCUT2D eigenvalue weighted by Gasteiger charge is 2.08. The number of rotatable bonds is 54. The van der Waals surface area contributed by atoms with Crippen molar-refractivity contribution in [1.29, 1.82) is 0 Å². The molecule has 0 aromatic heterocycles. The van der Waals surface area contributed by atoms with Crippen LogP contribution in [0.4, 0.5) is 0 Å². The zero-order valence-corrected chi connectivity index (χ0v) is 44.7. The van der Waals surface area contributed by atoms with Gasteiger partial charge in [-0.2, -0.15) is 0 Å². The molecule has 2 N–H and O–H groups in total. The van der Waals surface area contributed by atoms with Crippen molar-refractivity contribution >= 4 is 17.6 Å². The second-order valence-corrected chi connectivity index (χ2v) is 19.6. The van der Waals surface area contributed by atoms with Crippen LogP contribution < -0.4 is 5.32 Å². The van der Waals surface area contributed by atoms with Gasteiger partial charge >= 0.3 is 5.97 Å². The average Bonchev–Trinajstić information content (AvgIpc) is 3.32. The summed E-state index contributed by atoms with van der Waals surface area (Å²) in [6.07, 6.45) is 70.9. The standard InChI is InChI=1S/C60H111ClN2O3/c1-3-5-7-9-11-13-15-17-19-21-23-25-28-34-40-46-54-63(56-52-61)55-47-41-35-30-32-38-44-50-60(65)66-58-48-42-36-29-26-31-37-43-49-59(51-57-64)62-53-45-39-33-27-24-22-20-18-16-14-12-10-8-6-4-2/h11-14,17-20,52,56,59,62,64H,3-10,15-16,21-51,53-55,57-58H2,1-2H3/b13-11-,14-12-,19-17-,20-18-,56-52+. The first-order valence-electron chi connectivity index (χ1n) is 28.8. The van der Waals surface area contributed by atoms with E-state index in [-0.39, 0.29) is 12.6 Å². The number of aliphatic hydroxyl groups excluding tert-OH is 1. The van der Waals surface area contributed by atoms with Crippen molar-refractivity contribution < 1.29 is 14.6 Å². The van der Waals surface area contributed by atoms with Crippen LogP contribution in [0.1, 0.15) is 277 Å². The Hall–Kier alpha value is -1.82. The number of ether oxygens (including phenoxy) is 1. The monoisotopic (exact) mass is 943 g/mol. The van der Waals surface area contributed by atoms with Gasteiger partial charge in [-0.15, -0.1) is 0 Å². The average molecular weight is 944 g/mol. The van der Waals surface area contributed by atoms with Crippen LogP contribution in [0, 0.1) is 0 Å². The first kappa shape index (κ1) is 64.2. The number of carbonyl (C=O) groups is 1. The number of hydrogen-bond acceptors (Lipinski definition) is 5. The lowest BCUT2D eigenvalue weighted by Gasteiger charge is -2.20. The lowest BCUT2D eigenvalue weighted by molar-refractivity contribution is -0.143. The van der Waals surface area contributed by atoms with Crippen LogP contribution in [-0.2, 0) is 9.53 Å². The Labute approximate surface area is 417 Å². The Morgan fingerprint density at radius 1 is 0.500 bits per heavy atom. The fourth-order valence-corrected chi connectivity index (χ4v) is 8.83. The largest absolute Gasteiger partial charge is 0.466 e. The van der Waals surface area contributed by atoms with Gasteiger partial charge in [-0.25, -0.2) is 0 Å². The summed E-state index contributed by atoms with van der Waals surface area (Å²) in [4.78, 5) is 14.6. The Balaban J connectivity index is 3.57. The second-order valence-electron chi connectivity index (χ2n) is 19.4. The van der Waals surface area contributed by atoms with Crippen molar-refractivity contribution in [3.8, 4) is 0 Å². The number of nitrogens with one attached hydrogen (secondary N) is 1. The third-order valence-corrected chi connectivity index (χ3v) is 13.1. The van der Waals surface area contributed by atoms with Gasteiger partial charge in [0.05, 0.1) is 6.61 Å². The van der Waals surface area contributed by atoms with Gasteiger partial charge in [0.1, 0.15) is 0 Å². The topological polar surface area (TPSA) is 61.8 Å². The fraction of sp³-hybridized carbons (Fsp3) is 0.817.